The number of amidine groups is 1. The van der Waals surface area contributed by atoms with Gasteiger partial charge in [-0.15, -0.1) is 5.10 Å². The fourth-order valence-corrected chi connectivity index (χ4v) is 4.49. The van der Waals surface area contributed by atoms with E-state index in [1.807, 2.05) is 25.1 Å². The van der Waals surface area contributed by atoms with Gasteiger partial charge in [-0.3, -0.25) is 9.69 Å². The normalized spacial score (nSPS) is 18.2. The molecule has 0 bridgehead atoms. The quantitative estimate of drug-likeness (QED) is 0.405. The van der Waals surface area contributed by atoms with E-state index < -0.39 is 0 Å². The number of thioether (sulfide) groups is 1. The molecule has 152 valence electrons. The van der Waals surface area contributed by atoms with Crippen LogP contribution in [0.15, 0.2) is 57.1 Å². The SMILES string of the molecule is CCCC1S/C(=N\N=C\c2cc(Br)ccc2OC)N(Cc2ccc(F)cc2)C1=O. The van der Waals surface area contributed by atoms with Crippen LogP contribution in [0, 0.1) is 5.82 Å². The molecular weight excluding hydrogens is 457 g/mol. The largest absolute Gasteiger partial charge is 0.496 e. The average molecular weight is 478 g/mol. The lowest BCUT2D eigenvalue weighted by Crippen LogP contribution is -2.31. The Morgan fingerprint density at radius 3 is 2.72 bits per heavy atom. The minimum Gasteiger partial charge on any atom is -0.496 e. The molecule has 1 aliphatic heterocycles. The lowest BCUT2D eigenvalue weighted by molar-refractivity contribution is -0.126. The van der Waals surface area contributed by atoms with Gasteiger partial charge in [0.2, 0.25) is 5.91 Å². The molecule has 0 spiro atoms. The molecule has 8 heteroatoms. The molecule has 3 rings (SSSR count). The summed E-state index contributed by atoms with van der Waals surface area (Å²) in [5.74, 6) is 0.385. The Balaban J connectivity index is 1.84. The Hall–Kier alpha value is -2.19. The number of hydrogen-bond acceptors (Lipinski definition) is 5. The molecule has 1 heterocycles. The highest BCUT2D eigenvalue weighted by Gasteiger charge is 2.37. The topological polar surface area (TPSA) is 54.3 Å². The number of carbonyl (C=O) groups excluding carboxylic acids is 1. The maximum Gasteiger partial charge on any atom is 0.242 e. The molecule has 1 fully saturated rings. The molecule has 1 amide bonds. The highest BCUT2D eigenvalue weighted by Crippen LogP contribution is 2.32. The summed E-state index contributed by atoms with van der Waals surface area (Å²) in [5.41, 5.74) is 1.61. The second kappa shape index (κ2) is 10.0. The minimum atomic E-state index is -0.304. The lowest BCUT2D eigenvalue weighted by atomic mass is 10.2. The highest BCUT2D eigenvalue weighted by atomic mass is 79.9. The van der Waals surface area contributed by atoms with Crippen LogP contribution in [-0.2, 0) is 11.3 Å². The van der Waals surface area contributed by atoms with E-state index in [4.69, 9.17) is 4.74 Å². The zero-order valence-electron chi connectivity index (χ0n) is 16.1. The summed E-state index contributed by atoms with van der Waals surface area (Å²) in [7, 11) is 1.59. The first-order chi connectivity index (χ1) is 14.0. The van der Waals surface area contributed by atoms with Gasteiger partial charge >= 0.3 is 0 Å². The Labute approximate surface area is 182 Å². The van der Waals surface area contributed by atoms with Gasteiger partial charge in [0.15, 0.2) is 5.17 Å². The van der Waals surface area contributed by atoms with Crippen molar-refractivity contribution in [2.45, 2.75) is 31.6 Å². The monoisotopic (exact) mass is 477 g/mol. The van der Waals surface area contributed by atoms with Crippen LogP contribution in [0.5, 0.6) is 5.75 Å². The number of ether oxygens (including phenoxy) is 1. The zero-order valence-corrected chi connectivity index (χ0v) is 18.5. The fraction of sp³-hybridized carbons (Fsp3) is 0.286. The lowest BCUT2D eigenvalue weighted by Gasteiger charge is -2.15. The molecule has 29 heavy (non-hydrogen) atoms. The number of carbonyl (C=O) groups is 1. The number of methoxy groups -OCH3 is 1. The number of hydrogen-bond donors (Lipinski definition) is 0. The van der Waals surface area contributed by atoms with Crippen molar-refractivity contribution in [3.8, 4) is 5.75 Å². The molecule has 5 nitrogen and oxygen atoms in total. The number of halogens is 2. The molecule has 1 atom stereocenters. The number of nitrogens with zero attached hydrogens (tertiary/aromatic N) is 3. The molecule has 0 radical (unpaired) electrons. The predicted octanol–water partition coefficient (Wildman–Crippen LogP) is 5.23. The summed E-state index contributed by atoms with van der Waals surface area (Å²) in [6.45, 7) is 2.38. The molecule has 1 unspecified atom stereocenters. The summed E-state index contributed by atoms with van der Waals surface area (Å²) in [5, 5.41) is 8.88. The second-order valence-corrected chi connectivity index (χ2v) is 8.54. The van der Waals surface area contributed by atoms with E-state index >= 15 is 0 Å². The summed E-state index contributed by atoms with van der Waals surface area (Å²) >= 11 is 4.85. The van der Waals surface area contributed by atoms with Crippen LogP contribution in [0.25, 0.3) is 0 Å². The summed E-state index contributed by atoms with van der Waals surface area (Å²) < 4.78 is 19.4. The Morgan fingerprint density at radius 2 is 2.03 bits per heavy atom. The van der Waals surface area contributed by atoms with E-state index in [0.29, 0.717) is 17.5 Å². The van der Waals surface area contributed by atoms with Gasteiger partial charge < -0.3 is 4.74 Å². The van der Waals surface area contributed by atoms with E-state index in [0.717, 1.165) is 28.4 Å². The molecule has 0 aliphatic carbocycles. The van der Waals surface area contributed by atoms with Crippen molar-refractivity contribution in [2.24, 2.45) is 10.2 Å². The molecule has 0 saturated carbocycles. The van der Waals surface area contributed by atoms with Gasteiger partial charge in [-0.05, 0) is 42.3 Å². The number of benzene rings is 2. The predicted molar refractivity (Wildman–Crippen MR) is 119 cm³/mol. The van der Waals surface area contributed by atoms with Gasteiger partial charge in [0, 0.05) is 10.0 Å². The third kappa shape index (κ3) is 5.45. The van der Waals surface area contributed by atoms with Crippen LogP contribution in [0.1, 0.15) is 30.9 Å². The summed E-state index contributed by atoms with van der Waals surface area (Å²) in [4.78, 5) is 14.4. The van der Waals surface area contributed by atoms with Crippen LogP contribution in [-0.4, -0.2) is 34.5 Å². The third-order valence-electron chi connectivity index (χ3n) is 4.36. The minimum absolute atomic E-state index is 0.00941. The van der Waals surface area contributed by atoms with Crippen molar-refractivity contribution in [3.05, 3.63) is 63.9 Å². The van der Waals surface area contributed by atoms with Crippen molar-refractivity contribution in [1.29, 1.82) is 0 Å². The van der Waals surface area contributed by atoms with E-state index in [1.54, 1.807) is 30.4 Å². The van der Waals surface area contributed by atoms with Gasteiger partial charge in [0.25, 0.3) is 0 Å². The number of rotatable bonds is 7. The van der Waals surface area contributed by atoms with Gasteiger partial charge in [-0.1, -0.05) is 53.2 Å². The van der Waals surface area contributed by atoms with Crippen molar-refractivity contribution in [1.82, 2.24) is 4.90 Å². The standard InChI is InChI=1S/C21H21BrFN3O2S/c1-3-4-19-20(27)26(13-14-5-8-17(23)9-6-14)21(29-19)25-24-12-15-11-16(22)7-10-18(15)28-2/h5-12,19H,3-4,13H2,1-2H3/b24-12+,25-21-. The van der Waals surface area contributed by atoms with E-state index in [9.17, 15) is 9.18 Å². The van der Waals surface area contributed by atoms with Gasteiger partial charge in [0.05, 0.1) is 25.1 Å². The third-order valence-corrected chi connectivity index (χ3v) is 6.08. The van der Waals surface area contributed by atoms with Gasteiger partial charge in [-0.2, -0.15) is 5.10 Å². The highest BCUT2D eigenvalue weighted by molar-refractivity contribution is 9.10. The molecule has 2 aromatic rings. The maximum absolute atomic E-state index is 13.2. The Kier molecular flexibility index (Phi) is 7.44. The first-order valence-electron chi connectivity index (χ1n) is 9.19. The van der Waals surface area contributed by atoms with Crippen molar-refractivity contribution < 1.29 is 13.9 Å². The molecule has 2 aromatic carbocycles. The van der Waals surface area contributed by atoms with Crippen molar-refractivity contribution in [3.63, 3.8) is 0 Å². The van der Waals surface area contributed by atoms with Crippen LogP contribution >= 0.6 is 27.7 Å². The molecule has 0 N–H and O–H groups in total. The van der Waals surface area contributed by atoms with Crippen molar-refractivity contribution >= 4 is 45.0 Å². The summed E-state index contributed by atoms with van der Waals surface area (Å²) in [6, 6.07) is 11.7. The molecular formula is C21H21BrFN3O2S. The molecule has 0 aromatic heterocycles. The summed E-state index contributed by atoms with van der Waals surface area (Å²) in [6.07, 6.45) is 3.27. The first-order valence-corrected chi connectivity index (χ1v) is 10.9. The Bertz CT molecular complexity index is 934. The maximum atomic E-state index is 13.2. The van der Waals surface area contributed by atoms with E-state index in [2.05, 4.69) is 26.1 Å². The van der Waals surface area contributed by atoms with Crippen LogP contribution < -0.4 is 4.74 Å². The van der Waals surface area contributed by atoms with Crippen LogP contribution in [0.3, 0.4) is 0 Å². The second-order valence-electron chi connectivity index (χ2n) is 6.46. The smallest absolute Gasteiger partial charge is 0.242 e. The first kappa shape index (κ1) is 21.5. The van der Waals surface area contributed by atoms with Gasteiger partial charge in [-0.25, -0.2) is 4.39 Å². The molecule has 1 aliphatic rings. The van der Waals surface area contributed by atoms with Gasteiger partial charge in [0.1, 0.15) is 11.6 Å². The van der Waals surface area contributed by atoms with Crippen LogP contribution in [0.2, 0.25) is 0 Å². The van der Waals surface area contributed by atoms with E-state index in [-0.39, 0.29) is 17.0 Å². The zero-order chi connectivity index (χ0) is 20.8. The van der Waals surface area contributed by atoms with E-state index in [1.165, 1.54) is 23.9 Å². The molecule has 1 saturated heterocycles. The number of amides is 1. The fourth-order valence-electron chi connectivity index (χ4n) is 2.90. The Morgan fingerprint density at radius 1 is 1.28 bits per heavy atom. The van der Waals surface area contributed by atoms with Crippen molar-refractivity contribution in [2.75, 3.05) is 7.11 Å². The van der Waals surface area contributed by atoms with Crippen LogP contribution in [0.4, 0.5) is 4.39 Å². The average Bonchev–Trinajstić information content (AvgIpc) is 2.99.